The van der Waals surface area contributed by atoms with Crippen LogP contribution in [0.25, 0.3) is 0 Å². The minimum Gasteiger partial charge on any atom is -0.468 e. The third kappa shape index (κ3) is 5.69. The number of nitrogens with one attached hydrogen (secondary N) is 1. The number of aromatic nitrogens is 1. The largest absolute Gasteiger partial charge is 0.468 e. The predicted octanol–water partition coefficient (Wildman–Crippen LogP) is 3.32. The third-order valence-corrected chi connectivity index (χ3v) is 3.27. The van der Waals surface area contributed by atoms with Crippen molar-refractivity contribution in [3.8, 4) is 0 Å². The van der Waals surface area contributed by atoms with Crippen LogP contribution in [-0.2, 0) is 24.3 Å². The van der Waals surface area contributed by atoms with Crippen molar-refractivity contribution >= 4 is 0 Å². The van der Waals surface area contributed by atoms with Crippen molar-refractivity contribution in [3.05, 3.63) is 53.7 Å². The molecule has 2 rings (SSSR count). The van der Waals surface area contributed by atoms with E-state index in [0.29, 0.717) is 12.6 Å². The Bertz CT molecular complexity index is 509. The van der Waals surface area contributed by atoms with E-state index < -0.39 is 0 Å². The summed E-state index contributed by atoms with van der Waals surface area (Å²) in [7, 11) is 0. The molecule has 0 aliphatic heterocycles. The molecule has 0 fully saturated rings. The maximum absolute atomic E-state index is 5.74. The van der Waals surface area contributed by atoms with Crippen molar-refractivity contribution in [2.75, 3.05) is 6.61 Å². The van der Waals surface area contributed by atoms with E-state index in [1.165, 1.54) is 5.56 Å². The lowest BCUT2D eigenvalue weighted by Gasteiger charge is -2.08. The zero-order valence-corrected chi connectivity index (χ0v) is 12.8. The van der Waals surface area contributed by atoms with Crippen molar-refractivity contribution in [2.45, 2.75) is 45.9 Å². The lowest BCUT2D eigenvalue weighted by molar-refractivity contribution is 0.117. The quantitative estimate of drug-likeness (QED) is 0.719. The van der Waals surface area contributed by atoms with Crippen molar-refractivity contribution in [1.29, 1.82) is 0 Å². The van der Waals surface area contributed by atoms with Crippen molar-refractivity contribution in [3.63, 3.8) is 0 Å². The number of hydrogen-bond donors (Lipinski definition) is 1. The molecule has 2 aromatic heterocycles. The smallest absolute Gasteiger partial charge is 0.123 e. The second kappa shape index (κ2) is 8.60. The van der Waals surface area contributed by atoms with E-state index in [9.17, 15) is 0 Å². The molecule has 2 heterocycles. The van der Waals surface area contributed by atoms with Gasteiger partial charge < -0.3 is 14.5 Å². The lowest BCUT2D eigenvalue weighted by atomic mass is 10.1. The zero-order chi connectivity index (χ0) is 14.9. The summed E-state index contributed by atoms with van der Waals surface area (Å²) in [5.41, 5.74) is 2.44. The van der Waals surface area contributed by atoms with E-state index in [1.54, 1.807) is 6.26 Å². The van der Waals surface area contributed by atoms with Crippen LogP contribution in [0.1, 0.15) is 37.2 Å². The number of ether oxygens (including phenoxy) is 1. The standard InChI is InChI=1S/C17H24N2O2/c1-14(2)19-12-17-16(7-11-21-17)13-20-10-3-4-15-5-8-18-9-6-15/h5-9,11,14,19H,3-4,10,12-13H2,1-2H3. The van der Waals surface area contributed by atoms with E-state index in [-0.39, 0.29) is 0 Å². The molecule has 1 N–H and O–H groups in total. The molecule has 114 valence electrons. The Hall–Kier alpha value is -1.65. The van der Waals surface area contributed by atoms with Crippen LogP contribution < -0.4 is 5.32 Å². The van der Waals surface area contributed by atoms with Crippen LogP contribution in [0.15, 0.2) is 41.3 Å². The van der Waals surface area contributed by atoms with Gasteiger partial charge in [0.1, 0.15) is 5.76 Å². The van der Waals surface area contributed by atoms with Crippen LogP contribution in [0.5, 0.6) is 0 Å². The Balaban J connectivity index is 1.66. The zero-order valence-electron chi connectivity index (χ0n) is 12.8. The predicted molar refractivity (Wildman–Crippen MR) is 82.9 cm³/mol. The summed E-state index contributed by atoms with van der Waals surface area (Å²) in [5, 5.41) is 3.36. The second-order valence-electron chi connectivity index (χ2n) is 5.42. The van der Waals surface area contributed by atoms with Crippen molar-refractivity contribution in [2.24, 2.45) is 0 Å². The first-order chi connectivity index (χ1) is 10.3. The van der Waals surface area contributed by atoms with Gasteiger partial charge in [0.25, 0.3) is 0 Å². The van der Waals surface area contributed by atoms with E-state index in [0.717, 1.165) is 37.3 Å². The topological polar surface area (TPSA) is 47.3 Å². The highest BCUT2D eigenvalue weighted by atomic mass is 16.5. The highest BCUT2D eigenvalue weighted by Gasteiger charge is 2.06. The lowest BCUT2D eigenvalue weighted by Crippen LogP contribution is -2.22. The Morgan fingerprint density at radius 2 is 2.05 bits per heavy atom. The maximum Gasteiger partial charge on any atom is 0.123 e. The fourth-order valence-corrected chi connectivity index (χ4v) is 2.06. The highest BCUT2D eigenvalue weighted by Crippen LogP contribution is 2.12. The minimum atomic E-state index is 0.448. The van der Waals surface area contributed by atoms with Gasteiger partial charge in [-0.3, -0.25) is 4.98 Å². The van der Waals surface area contributed by atoms with Gasteiger partial charge in [-0.05, 0) is 36.6 Å². The Morgan fingerprint density at radius 1 is 1.24 bits per heavy atom. The number of aryl methyl sites for hydroxylation is 1. The van der Waals surface area contributed by atoms with E-state index in [1.807, 2.05) is 30.6 Å². The molecule has 0 saturated heterocycles. The molecule has 0 aromatic carbocycles. The second-order valence-corrected chi connectivity index (χ2v) is 5.42. The van der Waals surface area contributed by atoms with Crippen LogP contribution in [0.3, 0.4) is 0 Å². The summed E-state index contributed by atoms with van der Waals surface area (Å²) >= 11 is 0. The highest BCUT2D eigenvalue weighted by molar-refractivity contribution is 5.16. The number of pyridine rings is 1. The summed E-state index contributed by atoms with van der Waals surface area (Å²) < 4.78 is 11.2. The molecule has 0 unspecified atom stereocenters. The number of furan rings is 1. The first-order valence-electron chi connectivity index (χ1n) is 7.51. The molecule has 0 radical (unpaired) electrons. The van der Waals surface area contributed by atoms with E-state index in [2.05, 4.69) is 24.1 Å². The van der Waals surface area contributed by atoms with Crippen LogP contribution >= 0.6 is 0 Å². The van der Waals surface area contributed by atoms with Gasteiger partial charge >= 0.3 is 0 Å². The number of rotatable bonds is 9. The van der Waals surface area contributed by atoms with Gasteiger partial charge in [-0.1, -0.05) is 13.8 Å². The average Bonchev–Trinajstić information content (AvgIpc) is 2.93. The molecule has 0 spiro atoms. The van der Waals surface area contributed by atoms with Gasteiger partial charge in [0.15, 0.2) is 0 Å². The molecule has 0 bridgehead atoms. The van der Waals surface area contributed by atoms with Crippen molar-refractivity contribution in [1.82, 2.24) is 10.3 Å². The summed E-state index contributed by atoms with van der Waals surface area (Å²) in [5.74, 6) is 0.970. The molecule has 4 nitrogen and oxygen atoms in total. The van der Waals surface area contributed by atoms with E-state index >= 15 is 0 Å². The van der Waals surface area contributed by atoms with Gasteiger partial charge in [-0.2, -0.15) is 0 Å². The monoisotopic (exact) mass is 288 g/mol. The summed E-state index contributed by atoms with van der Waals surface area (Å²) in [4.78, 5) is 4.02. The van der Waals surface area contributed by atoms with Gasteiger partial charge in [0.2, 0.25) is 0 Å². The van der Waals surface area contributed by atoms with Gasteiger partial charge in [-0.15, -0.1) is 0 Å². The van der Waals surface area contributed by atoms with Gasteiger partial charge in [0, 0.05) is 30.6 Å². The molecule has 0 atom stereocenters. The molecule has 0 aliphatic rings. The molecule has 4 heteroatoms. The fourth-order valence-electron chi connectivity index (χ4n) is 2.06. The molecule has 0 amide bonds. The SMILES string of the molecule is CC(C)NCc1occc1COCCCc1ccncc1. The molecular formula is C17H24N2O2. The van der Waals surface area contributed by atoms with Gasteiger partial charge in [-0.25, -0.2) is 0 Å². The molecule has 0 aliphatic carbocycles. The Morgan fingerprint density at radius 3 is 2.81 bits per heavy atom. The maximum atomic E-state index is 5.74. The van der Waals surface area contributed by atoms with Crippen LogP contribution in [0.2, 0.25) is 0 Å². The normalized spacial score (nSPS) is 11.2. The molecule has 21 heavy (non-hydrogen) atoms. The van der Waals surface area contributed by atoms with Crippen molar-refractivity contribution < 1.29 is 9.15 Å². The van der Waals surface area contributed by atoms with Crippen LogP contribution in [0.4, 0.5) is 0 Å². The third-order valence-electron chi connectivity index (χ3n) is 3.27. The molecule has 0 saturated carbocycles. The van der Waals surface area contributed by atoms with E-state index in [4.69, 9.17) is 9.15 Å². The first kappa shape index (κ1) is 15.7. The average molecular weight is 288 g/mol. The fraction of sp³-hybridized carbons (Fsp3) is 0.471. The minimum absolute atomic E-state index is 0.448. The first-order valence-corrected chi connectivity index (χ1v) is 7.51. The Kier molecular flexibility index (Phi) is 6.44. The van der Waals surface area contributed by atoms with Crippen LogP contribution in [0, 0.1) is 0 Å². The summed E-state index contributed by atoms with van der Waals surface area (Å²) in [6.07, 6.45) is 7.43. The summed E-state index contributed by atoms with van der Waals surface area (Å²) in [6, 6.07) is 6.53. The summed E-state index contributed by atoms with van der Waals surface area (Å²) in [6.45, 7) is 6.36. The Labute approximate surface area is 126 Å². The van der Waals surface area contributed by atoms with Crippen LogP contribution in [-0.4, -0.2) is 17.6 Å². The number of hydrogen-bond acceptors (Lipinski definition) is 4. The molecule has 2 aromatic rings. The van der Waals surface area contributed by atoms with Gasteiger partial charge in [0.05, 0.1) is 19.4 Å². The molecular weight excluding hydrogens is 264 g/mol. The number of nitrogens with zero attached hydrogens (tertiary/aromatic N) is 1.